The number of amides is 1. The molecule has 1 amide bonds. The molecule has 28 heavy (non-hydrogen) atoms. The molecule has 0 aliphatic carbocycles. The molecule has 0 atom stereocenters. The number of rotatable bonds is 4. The Morgan fingerprint density at radius 1 is 1.14 bits per heavy atom. The Hall–Kier alpha value is -3.26. The average molecular weight is 390 g/mol. The Morgan fingerprint density at radius 2 is 2.04 bits per heavy atom. The molecule has 1 saturated heterocycles. The fraction of sp³-hybridized carbons (Fsp3) is 0.200. The van der Waals surface area contributed by atoms with E-state index in [-0.39, 0.29) is 5.91 Å². The summed E-state index contributed by atoms with van der Waals surface area (Å²) < 4.78 is 1.99. The van der Waals surface area contributed by atoms with E-state index in [1.807, 2.05) is 46.4 Å². The smallest absolute Gasteiger partial charge is 0.274 e. The van der Waals surface area contributed by atoms with E-state index in [0.29, 0.717) is 11.4 Å². The summed E-state index contributed by atoms with van der Waals surface area (Å²) in [7, 11) is 0. The third-order valence-corrected chi connectivity index (χ3v) is 5.60. The van der Waals surface area contributed by atoms with Crippen LogP contribution < -0.4 is 10.2 Å². The zero-order valence-corrected chi connectivity index (χ0v) is 15.9. The lowest BCUT2D eigenvalue weighted by Gasteiger charge is -2.16. The van der Waals surface area contributed by atoms with Crippen molar-refractivity contribution in [1.29, 1.82) is 0 Å². The number of carbonyl (C=O) groups excluding carboxylic acids is 1. The lowest BCUT2D eigenvalue weighted by Crippen LogP contribution is -2.21. The highest BCUT2D eigenvalue weighted by Crippen LogP contribution is 2.24. The van der Waals surface area contributed by atoms with Gasteiger partial charge in [-0.15, -0.1) is 11.3 Å². The van der Waals surface area contributed by atoms with Crippen molar-refractivity contribution in [3.63, 3.8) is 0 Å². The third-order valence-electron chi connectivity index (χ3n) is 4.82. The van der Waals surface area contributed by atoms with E-state index in [0.717, 1.165) is 48.0 Å². The molecule has 0 unspecified atom stereocenters. The van der Waals surface area contributed by atoms with Crippen molar-refractivity contribution < 1.29 is 4.79 Å². The number of carbonyl (C=O) groups is 1. The molecule has 140 valence electrons. The Balaban J connectivity index is 1.36. The fourth-order valence-electron chi connectivity index (χ4n) is 3.41. The summed E-state index contributed by atoms with van der Waals surface area (Å²) in [6, 6.07) is 9.44. The van der Waals surface area contributed by atoms with Gasteiger partial charge < -0.3 is 10.2 Å². The number of aromatic nitrogens is 4. The number of imidazole rings is 1. The van der Waals surface area contributed by atoms with Gasteiger partial charge >= 0.3 is 0 Å². The normalized spacial score (nSPS) is 13.9. The van der Waals surface area contributed by atoms with E-state index in [1.165, 1.54) is 6.33 Å². The van der Waals surface area contributed by atoms with Gasteiger partial charge in [0.25, 0.3) is 5.91 Å². The number of hydrogen-bond donors (Lipinski definition) is 1. The van der Waals surface area contributed by atoms with Crippen LogP contribution in [0.4, 0.5) is 11.5 Å². The zero-order chi connectivity index (χ0) is 18.9. The second-order valence-electron chi connectivity index (χ2n) is 6.71. The maximum Gasteiger partial charge on any atom is 0.274 e. The van der Waals surface area contributed by atoms with E-state index in [9.17, 15) is 4.79 Å². The third kappa shape index (κ3) is 3.22. The molecule has 7 nitrogen and oxygen atoms in total. The monoisotopic (exact) mass is 390 g/mol. The van der Waals surface area contributed by atoms with Crippen LogP contribution in [-0.4, -0.2) is 38.3 Å². The van der Waals surface area contributed by atoms with Gasteiger partial charge in [0.15, 0.2) is 4.96 Å². The summed E-state index contributed by atoms with van der Waals surface area (Å²) in [5.74, 6) is 0.565. The Labute approximate surface area is 165 Å². The molecule has 1 N–H and O–H groups in total. The number of hydrogen-bond acceptors (Lipinski definition) is 6. The van der Waals surface area contributed by atoms with Crippen LogP contribution in [0.5, 0.6) is 0 Å². The predicted molar refractivity (Wildman–Crippen MR) is 110 cm³/mol. The fourth-order valence-corrected chi connectivity index (χ4v) is 4.11. The molecular formula is C20H18N6OS. The molecule has 3 aromatic heterocycles. The summed E-state index contributed by atoms with van der Waals surface area (Å²) in [5.41, 5.74) is 2.90. The number of thiazole rings is 1. The molecule has 1 aliphatic rings. The van der Waals surface area contributed by atoms with Crippen molar-refractivity contribution in [3.8, 4) is 11.3 Å². The first-order chi connectivity index (χ1) is 13.8. The Morgan fingerprint density at radius 3 is 2.89 bits per heavy atom. The van der Waals surface area contributed by atoms with Gasteiger partial charge in [-0.25, -0.2) is 15.0 Å². The van der Waals surface area contributed by atoms with E-state index in [2.05, 4.69) is 25.2 Å². The quantitative estimate of drug-likeness (QED) is 0.575. The van der Waals surface area contributed by atoms with Gasteiger partial charge in [-0.2, -0.15) is 0 Å². The number of nitrogens with one attached hydrogen (secondary N) is 1. The first-order valence-corrected chi connectivity index (χ1v) is 10.1. The van der Waals surface area contributed by atoms with Gasteiger partial charge in [0.05, 0.1) is 5.69 Å². The van der Waals surface area contributed by atoms with E-state index >= 15 is 0 Å². The summed E-state index contributed by atoms with van der Waals surface area (Å²) >= 11 is 1.59. The van der Waals surface area contributed by atoms with Crippen molar-refractivity contribution in [3.05, 3.63) is 60.1 Å². The van der Waals surface area contributed by atoms with E-state index < -0.39 is 0 Å². The van der Waals surface area contributed by atoms with Crippen LogP contribution in [0, 0.1) is 0 Å². The maximum absolute atomic E-state index is 12.7. The Bertz CT molecular complexity index is 1120. The van der Waals surface area contributed by atoms with Crippen LogP contribution in [0.15, 0.2) is 54.4 Å². The Kier molecular flexibility index (Phi) is 4.25. The van der Waals surface area contributed by atoms with Crippen molar-refractivity contribution >= 4 is 33.7 Å². The van der Waals surface area contributed by atoms with Crippen LogP contribution in [0.2, 0.25) is 0 Å². The molecule has 1 fully saturated rings. The number of fused-ring (bicyclic) bond motifs is 1. The van der Waals surface area contributed by atoms with Crippen LogP contribution >= 0.6 is 11.3 Å². The second-order valence-corrected chi connectivity index (χ2v) is 7.58. The first kappa shape index (κ1) is 16.9. The lowest BCUT2D eigenvalue weighted by molar-refractivity contribution is 0.102. The topological polar surface area (TPSA) is 75.4 Å². The van der Waals surface area contributed by atoms with Crippen molar-refractivity contribution in [2.75, 3.05) is 23.3 Å². The van der Waals surface area contributed by atoms with E-state index in [1.54, 1.807) is 17.4 Å². The summed E-state index contributed by atoms with van der Waals surface area (Å²) in [4.78, 5) is 28.9. The number of anilines is 2. The highest BCUT2D eigenvalue weighted by atomic mass is 32.1. The molecule has 1 aliphatic heterocycles. The van der Waals surface area contributed by atoms with Crippen molar-refractivity contribution in [2.24, 2.45) is 0 Å². The van der Waals surface area contributed by atoms with E-state index in [4.69, 9.17) is 0 Å². The molecule has 5 rings (SSSR count). The molecule has 0 spiro atoms. The standard InChI is InChI=1S/C20H18N6OS/c27-19(16-11-18(22-13-21-16)25-6-1-2-7-25)23-15-5-3-4-14(10-15)17-12-26-8-9-28-20(26)24-17/h3-5,8-13H,1-2,6-7H2,(H,23,27). The minimum atomic E-state index is -0.245. The largest absolute Gasteiger partial charge is 0.357 e. The van der Waals surface area contributed by atoms with Crippen LogP contribution in [0.25, 0.3) is 16.2 Å². The zero-order valence-electron chi connectivity index (χ0n) is 15.1. The molecule has 0 bridgehead atoms. The second kappa shape index (κ2) is 7.05. The number of nitrogens with zero attached hydrogens (tertiary/aromatic N) is 5. The minimum absolute atomic E-state index is 0.245. The molecule has 4 heterocycles. The van der Waals surface area contributed by atoms with Crippen LogP contribution in [0.1, 0.15) is 23.3 Å². The molecular weight excluding hydrogens is 372 g/mol. The van der Waals surface area contributed by atoms with Crippen LogP contribution in [-0.2, 0) is 0 Å². The minimum Gasteiger partial charge on any atom is -0.357 e. The molecule has 4 aromatic rings. The highest BCUT2D eigenvalue weighted by Gasteiger charge is 2.16. The number of benzene rings is 1. The summed E-state index contributed by atoms with van der Waals surface area (Å²) in [6.07, 6.45) is 7.74. The van der Waals surface area contributed by atoms with Gasteiger partial charge in [0.2, 0.25) is 0 Å². The predicted octanol–water partition coefficient (Wildman–Crippen LogP) is 3.71. The molecule has 8 heteroatoms. The maximum atomic E-state index is 12.7. The van der Waals surface area contributed by atoms with Gasteiger partial charge in [-0.1, -0.05) is 12.1 Å². The average Bonchev–Trinajstić information content (AvgIpc) is 3.45. The van der Waals surface area contributed by atoms with Crippen LogP contribution in [0.3, 0.4) is 0 Å². The summed E-state index contributed by atoms with van der Waals surface area (Å²) in [5, 5.41) is 4.93. The first-order valence-electron chi connectivity index (χ1n) is 9.17. The van der Waals surface area contributed by atoms with Gasteiger partial charge in [-0.3, -0.25) is 9.20 Å². The lowest BCUT2D eigenvalue weighted by atomic mass is 10.1. The van der Waals surface area contributed by atoms with Gasteiger partial charge in [0, 0.05) is 48.2 Å². The molecule has 1 aromatic carbocycles. The SMILES string of the molecule is O=C(Nc1cccc(-c2cn3ccsc3n2)c1)c1cc(N2CCCC2)ncn1. The van der Waals surface area contributed by atoms with Gasteiger partial charge in [0.1, 0.15) is 17.8 Å². The summed E-state index contributed by atoms with van der Waals surface area (Å²) in [6.45, 7) is 1.95. The highest BCUT2D eigenvalue weighted by molar-refractivity contribution is 7.15. The van der Waals surface area contributed by atoms with Crippen molar-refractivity contribution in [2.45, 2.75) is 12.8 Å². The molecule has 0 radical (unpaired) electrons. The van der Waals surface area contributed by atoms with Crippen molar-refractivity contribution in [1.82, 2.24) is 19.4 Å². The van der Waals surface area contributed by atoms with Gasteiger partial charge in [-0.05, 0) is 25.0 Å². The molecule has 0 saturated carbocycles.